The summed E-state index contributed by atoms with van der Waals surface area (Å²) in [4.78, 5) is 19.0. The molecular weight excluding hydrogens is 212 g/mol. The van der Waals surface area contributed by atoms with Crippen LogP contribution < -0.4 is 5.56 Å². The Morgan fingerprint density at radius 2 is 2.07 bits per heavy atom. The molecule has 1 unspecified atom stereocenters. The quantitative estimate of drug-likeness (QED) is 0.590. The third kappa shape index (κ3) is 2.23. The lowest BCUT2D eigenvalue weighted by Gasteiger charge is -2.08. The van der Waals surface area contributed by atoms with Crippen molar-refractivity contribution in [2.75, 3.05) is 0 Å². The third-order valence-corrected chi connectivity index (χ3v) is 3.04. The molecule has 82 valence electrons. The molecule has 0 aliphatic heterocycles. The molecule has 0 bridgehead atoms. The number of nitrogens with zero attached hydrogens (tertiary/aromatic N) is 1. The van der Waals surface area contributed by atoms with Crippen LogP contribution >= 0.6 is 11.6 Å². The number of aryl methyl sites for hydroxylation is 1. The van der Waals surface area contributed by atoms with Crippen molar-refractivity contribution >= 4 is 11.6 Å². The van der Waals surface area contributed by atoms with Gasteiger partial charge in [0.15, 0.2) is 0 Å². The highest BCUT2D eigenvalue weighted by Crippen LogP contribution is 2.19. The first-order valence-corrected chi connectivity index (χ1v) is 5.88. The Balaban J connectivity index is 2.49. The number of halogens is 1. The summed E-state index contributed by atoms with van der Waals surface area (Å²) in [6.45, 7) is 1.82. The first-order chi connectivity index (χ1) is 7.18. The van der Waals surface area contributed by atoms with Gasteiger partial charge in [-0.25, -0.2) is 4.98 Å². The van der Waals surface area contributed by atoms with Crippen LogP contribution in [0.2, 0.25) is 0 Å². The van der Waals surface area contributed by atoms with E-state index in [9.17, 15) is 4.79 Å². The lowest BCUT2D eigenvalue weighted by atomic mass is 10.1. The van der Waals surface area contributed by atoms with Crippen LogP contribution in [0.5, 0.6) is 0 Å². The molecule has 15 heavy (non-hydrogen) atoms. The number of H-pyrrole nitrogens is 1. The van der Waals surface area contributed by atoms with E-state index in [0.29, 0.717) is 5.82 Å². The van der Waals surface area contributed by atoms with Gasteiger partial charge in [0, 0.05) is 5.56 Å². The van der Waals surface area contributed by atoms with Gasteiger partial charge < -0.3 is 4.98 Å². The van der Waals surface area contributed by atoms with Gasteiger partial charge in [-0.3, -0.25) is 4.79 Å². The molecule has 2 rings (SSSR count). The second-order valence-corrected chi connectivity index (χ2v) is 4.71. The van der Waals surface area contributed by atoms with E-state index in [-0.39, 0.29) is 10.9 Å². The number of hydrogen-bond donors (Lipinski definition) is 1. The van der Waals surface area contributed by atoms with Crippen LogP contribution in [0, 0.1) is 0 Å². The fraction of sp³-hybridized carbons (Fsp3) is 0.636. The van der Waals surface area contributed by atoms with Crippen LogP contribution in [-0.4, -0.2) is 9.97 Å². The van der Waals surface area contributed by atoms with E-state index in [4.69, 9.17) is 11.6 Å². The maximum Gasteiger partial charge on any atom is 0.254 e. The maximum atomic E-state index is 11.8. The van der Waals surface area contributed by atoms with E-state index in [1.54, 1.807) is 0 Å². The Kier molecular flexibility index (Phi) is 3.10. The van der Waals surface area contributed by atoms with Gasteiger partial charge in [-0.2, -0.15) is 0 Å². The summed E-state index contributed by atoms with van der Waals surface area (Å²) in [5.41, 5.74) is 1.83. The van der Waals surface area contributed by atoms with Crippen LogP contribution in [0.3, 0.4) is 0 Å². The monoisotopic (exact) mass is 226 g/mol. The van der Waals surface area contributed by atoms with E-state index in [2.05, 4.69) is 9.97 Å². The predicted octanol–water partition coefficient (Wildman–Crippen LogP) is 2.34. The number of nitrogens with one attached hydrogen (secondary N) is 1. The molecule has 1 aliphatic carbocycles. The Hall–Kier alpha value is -0.830. The molecule has 1 atom stereocenters. The highest BCUT2D eigenvalue weighted by molar-refractivity contribution is 6.20. The number of aromatic amines is 1. The van der Waals surface area contributed by atoms with Gasteiger partial charge in [0.25, 0.3) is 5.56 Å². The van der Waals surface area contributed by atoms with Crippen molar-refractivity contribution in [3.8, 4) is 0 Å². The third-order valence-electron chi connectivity index (χ3n) is 2.84. The Morgan fingerprint density at radius 3 is 2.80 bits per heavy atom. The van der Waals surface area contributed by atoms with Crippen LogP contribution in [0.1, 0.15) is 48.6 Å². The number of rotatable bonds is 1. The van der Waals surface area contributed by atoms with Crippen molar-refractivity contribution in [1.82, 2.24) is 9.97 Å². The summed E-state index contributed by atoms with van der Waals surface area (Å²) in [5, 5.41) is -0.230. The van der Waals surface area contributed by atoms with Crippen molar-refractivity contribution in [2.24, 2.45) is 0 Å². The molecule has 0 saturated heterocycles. The molecule has 3 nitrogen and oxygen atoms in total. The van der Waals surface area contributed by atoms with Crippen LogP contribution in [-0.2, 0) is 12.8 Å². The Morgan fingerprint density at radius 1 is 1.33 bits per heavy atom. The summed E-state index contributed by atoms with van der Waals surface area (Å²) in [6.07, 6.45) is 5.17. The second kappa shape index (κ2) is 4.35. The minimum atomic E-state index is -0.230. The summed E-state index contributed by atoms with van der Waals surface area (Å²) < 4.78 is 0. The molecule has 0 aromatic carbocycles. The molecule has 1 N–H and O–H groups in total. The van der Waals surface area contributed by atoms with E-state index in [1.807, 2.05) is 6.92 Å². The highest BCUT2D eigenvalue weighted by Gasteiger charge is 2.15. The molecule has 0 fully saturated rings. The smallest absolute Gasteiger partial charge is 0.254 e. The molecule has 0 spiro atoms. The summed E-state index contributed by atoms with van der Waals surface area (Å²) >= 11 is 5.93. The fourth-order valence-corrected chi connectivity index (χ4v) is 2.09. The number of aromatic nitrogens is 2. The zero-order valence-electron chi connectivity index (χ0n) is 8.85. The van der Waals surface area contributed by atoms with Crippen LogP contribution in [0.4, 0.5) is 0 Å². The van der Waals surface area contributed by atoms with Gasteiger partial charge in [-0.1, -0.05) is 6.42 Å². The zero-order valence-corrected chi connectivity index (χ0v) is 9.60. The van der Waals surface area contributed by atoms with Crippen LogP contribution in [0.25, 0.3) is 0 Å². The molecule has 0 amide bonds. The minimum absolute atomic E-state index is 0.00407. The van der Waals surface area contributed by atoms with E-state index >= 15 is 0 Å². The molecule has 1 aromatic heterocycles. The van der Waals surface area contributed by atoms with Gasteiger partial charge in [-0.15, -0.1) is 11.6 Å². The molecule has 1 heterocycles. The standard InChI is InChI=1S/C11H15ClN2O/c1-7(12)10-13-9-6-4-2-3-5-8(9)11(15)14-10/h7H,2-6H2,1H3,(H,13,14,15). The molecule has 0 radical (unpaired) electrons. The summed E-state index contributed by atoms with van der Waals surface area (Å²) in [7, 11) is 0. The number of hydrogen-bond acceptors (Lipinski definition) is 2. The molecular formula is C11H15ClN2O. The first-order valence-electron chi connectivity index (χ1n) is 5.44. The minimum Gasteiger partial charge on any atom is -0.309 e. The SMILES string of the molecule is CC(Cl)c1nc2c(c(=O)[nH]1)CCCCC2. The molecule has 1 aliphatic rings. The molecule has 4 heteroatoms. The summed E-state index contributed by atoms with van der Waals surface area (Å²) in [5.74, 6) is 0.599. The van der Waals surface area contributed by atoms with E-state index < -0.39 is 0 Å². The highest BCUT2D eigenvalue weighted by atomic mass is 35.5. The lowest BCUT2D eigenvalue weighted by Crippen LogP contribution is -2.19. The fourth-order valence-electron chi connectivity index (χ4n) is 1.99. The van der Waals surface area contributed by atoms with Gasteiger partial charge in [0.1, 0.15) is 5.82 Å². The van der Waals surface area contributed by atoms with Crippen molar-refractivity contribution in [3.63, 3.8) is 0 Å². The number of alkyl halides is 1. The van der Waals surface area contributed by atoms with Gasteiger partial charge >= 0.3 is 0 Å². The van der Waals surface area contributed by atoms with Crippen molar-refractivity contribution < 1.29 is 0 Å². The number of fused-ring (bicyclic) bond motifs is 1. The largest absolute Gasteiger partial charge is 0.309 e. The zero-order chi connectivity index (χ0) is 10.8. The molecule has 0 saturated carbocycles. The molecule has 1 aromatic rings. The Bertz CT molecular complexity index is 412. The second-order valence-electron chi connectivity index (χ2n) is 4.05. The van der Waals surface area contributed by atoms with Crippen molar-refractivity contribution in [2.45, 2.75) is 44.4 Å². The average Bonchev–Trinajstić information content (AvgIpc) is 2.42. The lowest BCUT2D eigenvalue weighted by molar-refractivity contribution is 0.707. The van der Waals surface area contributed by atoms with Gasteiger partial charge in [0.2, 0.25) is 0 Å². The first kappa shape index (κ1) is 10.7. The summed E-state index contributed by atoms with van der Waals surface area (Å²) in [6, 6.07) is 0. The van der Waals surface area contributed by atoms with E-state index in [0.717, 1.165) is 36.9 Å². The van der Waals surface area contributed by atoms with Gasteiger partial charge in [0.05, 0.1) is 11.1 Å². The van der Waals surface area contributed by atoms with Crippen molar-refractivity contribution in [1.29, 1.82) is 0 Å². The maximum absolute atomic E-state index is 11.8. The average molecular weight is 227 g/mol. The van der Waals surface area contributed by atoms with E-state index in [1.165, 1.54) is 6.42 Å². The Labute approximate surface area is 93.9 Å². The van der Waals surface area contributed by atoms with Gasteiger partial charge in [-0.05, 0) is 32.6 Å². The van der Waals surface area contributed by atoms with Crippen molar-refractivity contribution in [3.05, 3.63) is 27.4 Å². The predicted molar refractivity (Wildman–Crippen MR) is 60.4 cm³/mol. The normalized spacial score (nSPS) is 18.0. The van der Waals surface area contributed by atoms with Crippen LogP contribution in [0.15, 0.2) is 4.79 Å². The topological polar surface area (TPSA) is 45.8 Å².